The van der Waals surface area contributed by atoms with Gasteiger partial charge in [0, 0.05) is 23.1 Å². The van der Waals surface area contributed by atoms with E-state index in [0.29, 0.717) is 29.6 Å². The van der Waals surface area contributed by atoms with Gasteiger partial charge in [0.1, 0.15) is 6.04 Å². The van der Waals surface area contributed by atoms with Crippen LogP contribution in [0.1, 0.15) is 16.7 Å². The highest BCUT2D eigenvalue weighted by atomic mass is 35.5. The Balaban J connectivity index is 1.89. The molecule has 0 aliphatic carbocycles. The number of rotatable bonds is 3. The Bertz CT molecular complexity index is 718. The second-order valence-corrected chi connectivity index (χ2v) is 6.38. The van der Waals surface area contributed by atoms with Crippen molar-refractivity contribution in [2.75, 3.05) is 0 Å². The van der Waals surface area contributed by atoms with Crippen LogP contribution in [0.25, 0.3) is 0 Å². The van der Waals surface area contributed by atoms with Crippen molar-refractivity contribution in [2.45, 2.75) is 25.6 Å². The molecule has 3 rings (SSSR count). The summed E-state index contributed by atoms with van der Waals surface area (Å²) in [5, 5.41) is 10.9. The highest BCUT2D eigenvalue weighted by Gasteiger charge is 2.31. The van der Waals surface area contributed by atoms with Crippen LogP contribution in [-0.2, 0) is 24.3 Å². The van der Waals surface area contributed by atoms with Crippen molar-refractivity contribution in [3.63, 3.8) is 0 Å². The minimum atomic E-state index is -0.803. The average Bonchev–Trinajstić information content (AvgIpc) is 2.46. The van der Waals surface area contributed by atoms with Gasteiger partial charge in [0.15, 0.2) is 0 Å². The quantitative estimate of drug-likeness (QED) is 0.921. The third-order valence-corrected chi connectivity index (χ3v) is 4.43. The Morgan fingerprint density at radius 3 is 2.64 bits per heavy atom. The van der Waals surface area contributed by atoms with Crippen LogP contribution in [0.5, 0.6) is 0 Å². The second-order valence-electron chi connectivity index (χ2n) is 5.51. The van der Waals surface area contributed by atoms with Gasteiger partial charge >= 0.3 is 5.97 Å². The van der Waals surface area contributed by atoms with Gasteiger partial charge in [-0.2, -0.15) is 0 Å². The number of hydrogen-bond donors (Lipinski definition) is 1. The molecule has 1 aliphatic rings. The summed E-state index contributed by atoms with van der Waals surface area (Å²) >= 11 is 12.1. The number of aliphatic carboxylic acids is 1. The Morgan fingerprint density at radius 2 is 1.91 bits per heavy atom. The van der Waals surface area contributed by atoms with E-state index in [0.717, 1.165) is 16.7 Å². The van der Waals surface area contributed by atoms with Crippen LogP contribution >= 0.6 is 23.2 Å². The van der Waals surface area contributed by atoms with E-state index < -0.39 is 12.0 Å². The third kappa shape index (κ3) is 3.27. The summed E-state index contributed by atoms with van der Waals surface area (Å²) < 4.78 is 0. The first-order valence-corrected chi connectivity index (χ1v) is 7.77. The molecule has 0 bridgehead atoms. The fourth-order valence-electron chi connectivity index (χ4n) is 2.89. The van der Waals surface area contributed by atoms with E-state index in [1.807, 2.05) is 47.4 Å². The lowest BCUT2D eigenvalue weighted by atomic mass is 9.93. The summed E-state index contributed by atoms with van der Waals surface area (Å²) in [5.41, 5.74) is 3.15. The number of benzene rings is 2. The van der Waals surface area contributed by atoms with Crippen molar-refractivity contribution in [1.29, 1.82) is 0 Å². The van der Waals surface area contributed by atoms with Crippen LogP contribution in [0.15, 0.2) is 42.5 Å². The van der Waals surface area contributed by atoms with E-state index in [1.54, 1.807) is 0 Å². The molecular formula is C17H15Cl2NO2. The fraction of sp³-hybridized carbons (Fsp3) is 0.235. The SMILES string of the molecule is O=C(O)[C@@H]1Cc2ccc(Cl)cc2CN1Cc1cccc(Cl)c1. The largest absolute Gasteiger partial charge is 0.480 e. The van der Waals surface area contributed by atoms with Gasteiger partial charge in [-0.3, -0.25) is 9.69 Å². The number of nitrogens with zero attached hydrogens (tertiary/aromatic N) is 1. The van der Waals surface area contributed by atoms with E-state index in [-0.39, 0.29) is 0 Å². The second kappa shape index (κ2) is 6.29. The number of carboxylic acids is 1. The monoisotopic (exact) mass is 335 g/mol. The van der Waals surface area contributed by atoms with Crippen molar-refractivity contribution < 1.29 is 9.90 Å². The molecule has 1 heterocycles. The molecule has 2 aromatic carbocycles. The zero-order valence-electron chi connectivity index (χ0n) is 11.8. The summed E-state index contributed by atoms with van der Waals surface area (Å²) in [6.45, 7) is 1.11. The van der Waals surface area contributed by atoms with Crippen molar-refractivity contribution >= 4 is 29.2 Å². The third-order valence-electron chi connectivity index (χ3n) is 3.96. The molecule has 0 aromatic heterocycles. The number of halogens is 2. The summed E-state index contributed by atoms with van der Waals surface area (Å²) in [6.07, 6.45) is 0.488. The molecule has 5 heteroatoms. The first kappa shape index (κ1) is 15.3. The molecule has 0 unspecified atom stereocenters. The molecule has 0 radical (unpaired) electrons. The molecule has 0 saturated carbocycles. The standard InChI is InChI=1S/C17H15Cl2NO2/c18-14-3-1-2-11(6-14)9-20-10-13-7-15(19)5-4-12(13)8-16(20)17(21)22/h1-7,16H,8-10H2,(H,21,22)/t16-/m0/s1. The summed E-state index contributed by atoms with van der Waals surface area (Å²) in [7, 11) is 0. The minimum absolute atomic E-state index is 0.488. The minimum Gasteiger partial charge on any atom is -0.480 e. The Hall–Kier alpha value is -1.55. The normalized spacial score (nSPS) is 18.0. The molecular weight excluding hydrogens is 321 g/mol. The zero-order valence-corrected chi connectivity index (χ0v) is 13.3. The van der Waals surface area contributed by atoms with Gasteiger partial charge in [-0.1, -0.05) is 41.4 Å². The maximum atomic E-state index is 11.6. The predicted molar refractivity (Wildman–Crippen MR) is 87.3 cm³/mol. The van der Waals surface area contributed by atoms with Crippen molar-refractivity contribution in [3.8, 4) is 0 Å². The van der Waals surface area contributed by atoms with Gasteiger partial charge < -0.3 is 5.11 Å². The number of carbonyl (C=O) groups is 1. The van der Waals surface area contributed by atoms with E-state index in [1.165, 1.54) is 0 Å². The first-order valence-electron chi connectivity index (χ1n) is 7.01. The van der Waals surface area contributed by atoms with E-state index in [9.17, 15) is 9.90 Å². The van der Waals surface area contributed by atoms with E-state index in [4.69, 9.17) is 23.2 Å². The fourth-order valence-corrected chi connectivity index (χ4v) is 3.29. The maximum Gasteiger partial charge on any atom is 0.321 e. The van der Waals surface area contributed by atoms with Crippen LogP contribution in [-0.4, -0.2) is 22.0 Å². The Labute approximate surface area is 139 Å². The predicted octanol–water partition coefficient (Wildman–Crippen LogP) is 4.00. The van der Waals surface area contributed by atoms with E-state index in [2.05, 4.69) is 0 Å². The molecule has 1 atom stereocenters. The van der Waals surface area contributed by atoms with Gasteiger partial charge in [0.25, 0.3) is 0 Å². The smallest absolute Gasteiger partial charge is 0.321 e. The van der Waals surface area contributed by atoms with Crippen LogP contribution < -0.4 is 0 Å². The van der Waals surface area contributed by atoms with Gasteiger partial charge in [0.05, 0.1) is 0 Å². The van der Waals surface area contributed by atoms with Crippen LogP contribution in [0.3, 0.4) is 0 Å². The Kier molecular flexibility index (Phi) is 4.39. The highest BCUT2D eigenvalue weighted by molar-refractivity contribution is 6.30. The van der Waals surface area contributed by atoms with Gasteiger partial charge in [-0.05, 0) is 47.4 Å². The molecule has 1 aliphatic heterocycles. The lowest BCUT2D eigenvalue weighted by molar-refractivity contribution is -0.144. The van der Waals surface area contributed by atoms with E-state index >= 15 is 0 Å². The summed E-state index contributed by atoms with van der Waals surface area (Å²) in [4.78, 5) is 13.6. The van der Waals surface area contributed by atoms with Crippen molar-refractivity contribution in [2.24, 2.45) is 0 Å². The molecule has 0 spiro atoms. The molecule has 114 valence electrons. The lowest BCUT2D eigenvalue weighted by Gasteiger charge is -2.34. The molecule has 1 N–H and O–H groups in total. The van der Waals surface area contributed by atoms with Crippen LogP contribution in [0, 0.1) is 0 Å². The van der Waals surface area contributed by atoms with Gasteiger partial charge in [0.2, 0.25) is 0 Å². The van der Waals surface area contributed by atoms with Crippen molar-refractivity contribution in [3.05, 3.63) is 69.2 Å². The topological polar surface area (TPSA) is 40.5 Å². The zero-order chi connectivity index (χ0) is 15.7. The summed E-state index contributed by atoms with van der Waals surface area (Å²) in [5.74, 6) is -0.803. The maximum absolute atomic E-state index is 11.6. The number of hydrogen-bond acceptors (Lipinski definition) is 2. The Morgan fingerprint density at radius 1 is 1.14 bits per heavy atom. The van der Waals surface area contributed by atoms with Crippen LogP contribution in [0.4, 0.5) is 0 Å². The molecule has 0 saturated heterocycles. The molecule has 2 aromatic rings. The van der Waals surface area contributed by atoms with Crippen LogP contribution in [0.2, 0.25) is 10.0 Å². The molecule has 0 fully saturated rings. The molecule has 3 nitrogen and oxygen atoms in total. The highest BCUT2D eigenvalue weighted by Crippen LogP contribution is 2.28. The van der Waals surface area contributed by atoms with Gasteiger partial charge in [-0.25, -0.2) is 0 Å². The molecule has 0 amide bonds. The number of fused-ring (bicyclic) bond motifs is 1. The first-order chi connectivity index (χ1) is 10.5. The van der Waals surface area contributed by atoms with Gasteiger partial charge in [-0.15, -0.1) is 0 Å². The number of carboxylic acid groups (broad SMARTS) is 1. The van der Waals surface area contributed by atoms with Crippen molar-refractivity contribution in [1.82, 2.24) is 4.90 Å². The lowest BCUT2D eigenvalue weighted by Crippen LogP contribution is -2.45. The molecule has 22 heavy (non-hydrogen) atoms. The summed E-state index contributed by atoms with van der Waals surface area (Å²) in [6, 6.07) is 12.6. The average molecular weight is 336 g/mol.